The number of rotatable bonds is 2. The lowest BCUT2D eigenvalue weighted by molar-refractivity contribution is 0.745. The van der Waals surface area contributed by atoms with Gasteiger partial charge in [0.2, 0.25) is 0 Å². The van der Waals surface area contributed by atoms with Gasteiger partial charge in [-0.05, 0) is 36.1 Å². The zero-order valence-corrected chi connectivity index (χ0v) is 10.1. The molecule has 3 rings (SSSR count). The van der Waals surface area contributed by atoms with Crippen LogP contribution >= 0.6 is 11.6 Å². The molecule has 1 atom stereocenters. The molecule has 86 valence electrons. The molecule has 0 fully saturated rings. The monoisotopic (exact) mass is 244 g/mol. The highest BCUT2D eigenvalue weighted by molar-refractivity contribution is 6.31. The van der Waals surface area contributed by atoms with Crippen molar-refractivity contribution in [2.75, 3.05) is 5.32 Å². The molecule has 1 aromatic heterocycles. The Morgan fingerprint density at radius 3 is 3.00 bits per heavy atom. The van der Waals surface area contributed by atoms with Crippen LogP contribution in [0.5, 0.6) is 0 Å². The highest BCUT2D eigenvalue weighted by atomic mass is 35.5. The van der Waals surface area contributed by atoms with Crippen LogP contribution in [0.15, 0.2) is 42.7 Å². The van der Waals surface area contributed by atoms with Crippen LogP contribution in [-0.4, -0.2) is 11.0 Å². The van der Waals surface area contributed by atoms with E-state index in [1.807, 2.05) is 6.07 Å². The number of halogens is 1. The second kappa shape index (κ2) is 4.38. The minimum Gasteiger partial charge on any atom is -0.381 e. The second-order valence-corrected chi connectivity index (χ2v) is 4.78. The van der Waals surface area contributed by atoms with E-state index in [2.05, 4.69) is 34.6 Å². The van der Waals surface area contributed by atoms with E-state index in [0.717, 1.165) is 23.4 Å². The van der Waals surface area contributed by atoms with Crippen LogP contribution in [0.2, 0.25) is 5.02 Å². The van der Waals surface area contributed by atoms with E-state index in [1.165, 1.54) is 11.3 Å². The molecule has 3 heteroatoms. The van der Waals surface area contributed by atoms with Crippen molar-refractivity contribution >= 4 is 17.3 Å². The third kappa shape index (κ3) is 2.13. The Kier molecular flexibility index (Phi) is 2.73. The summed E-state index contributed by atoms with van der Waals surface area (Å²) in [6.07, 6.45) is 5.51. The molecule has 17 heavy (non-hydrogen) atoms. The SMILES string of the molecule is Clc1cnccc1CC1Cc2ccccc2N1. The van der Waals surface area contributed by atoms with Crippen LogP contribution in [-0.2, 0) is 12.8 Å². The predicted octanol–water partition coefficient (Wildman–Crippen LogP) is 3.31. The summed E-state index contributed by atoms with van der Waals surface area (Å²) in [5.74, 6) is 0. The molecule has 1 N–H and O–H groups in total. The van der Waals surface area contributed by atoms with Crippen LogP contribution in [0.25, 0.3) is 0 Å². The maximum Gasteiger partial charge on any atom is 0.0622 e. The van der Waals surface area contributed by atoms with E-state index in [1.54, 1.807) is 12.4 Å². The molecule has 0 bridgehead atoms. The number of nitrogens with zero attached hydrogens (tertiary/aromatic N) is 1. The summed E-state index contributed by atoms with van der Waals surface area (Å²) in [6, 6.07) is 10.9. The normalized spacial score (nSPS) is 17.6. The van der Waals surface area contributed by atoms with Gasteiger partial charge in [-0.3, -0.25) is 4.98 Å². The zero-order chi connectivity index (χ0) is 11.7. The fraction of sp³-hybridized carbons (Fsp3) is 0.214. The average Bonchev–Trinajstić information content (AvgIpc) is 2.74. The maximum atomic E-state index is 6.12. The minimum absolute atomic E-state index is 0.437. The van der Waals surface area contributed by atoms with Gasteiger partial charge in [-0.15, -0.1) is 0 Å². The minimum atomic E-state index is 0.437. The quantitative estimate of drug-likeness (QED) is 0.877. The first-order valence-electron chi connectivity index (χ1n) is 5.76. The number of anilines is 1. The molecule has 0 saturated carbocycles. The van der Waals surface area contributed by atoms with Crippen molar-refractivity contribution in [3.8, 4) is 0 Å². The molecule has 0 saturated heterocycles. The number of pyridine rings is 1. The van der Waals surface area contributed by atoms with Crippen molar-refractivity contribution in [3.63, 3.8) is 0 Å². The Bertz CT molecular complexity index is 514. The Labute approximate surface area is 106 Å². The molecule has 1 aliphatic rings. The number of fused-ring (bicyclic) bond motifs is 1. The Morgan fingerprint density at radius 1 is 1.29 bits per heavy atom. The van der Waals surface area contributed by atoms with E-state index < -0.39 is 0 Å². The first-order valence-corrected chi connectivity index (χ1v) is 6.13. The van der Waals surface area contributed by atoms with Crippen molar-refractivity contribution in [1.29, 1.82) is 0 Å². The van der Waals surface area contributed by atoms with E-state index in [0.29, 0.717) is 6.04 Å². The Balaban J connectivity index is 1.76. The number of hydrogen-bond donors (Lipinski definition) is 1. The first-order chi connectivity index (χ1) is 8.33. The number of hydrogen-bond acceptors (Lipinski definition) is 2. The molecule has 2 aromatic rings. The van der Waals surface area contributed by atoms with Crippen LogP contribution in [0.3, 0.4) is 0 Å². The molecule has 1 aromatic carbocycles. The smallest absolute Gasteiger partial charge is 0.0622 e. The summed E-state index contributed by atoms with van der Waals surface area (Å²) in [7, 11) is 0. The third-order valence-electron chi connectivity index (χ3n) is 3.17. The van der Waals surface area contributed by atoms with Crippen LogP contribution in [0.4, 0.5) is 5.69 Å². The summed E-state index contributed by atoms with van der Waals surface area (Å²) in [5.41, 5.74) is 3.80. The predicted molar refractivity (Wildman–Crippen MR) is 70.5 cm³/mol. The highest BCUT2D eigenvalue weighted by Gasteiger charge is 2.20. The molecule has 0 spiro atoms. The molecule has 0 amide bonds. The van der Waals surface area contributed by atoms with Crippen molar-refractivity contribution in [2.24, 2.45) is 0 Å². The van der Waals surface area contributed by atoms with Gasteiger partial charge in [-0.2, -0.15) is 0 Å². The number of para-hydroxylation sites is 1. The van der Waals surface area contributed by atoms with Crippen molar-refractivity contribution < 1.29 is 0 Å². The molecule has 2 nitrogen and oxygen atoms in total. The van der Waals surface area contributed by atoms with Crippen LogP contribution in [0.1, 0.15) is 11.1 Å². The molecule has 1 unspecified atom stereocenters. The van der Waals surface area contributed by atoms with Crippen molar-refractivity contribution in [2.45, 2.75) is 18.9 Å². The summed E-state index contributed by atoms with van der Waals surface area (Å²) in [5, 5.41) is 4.29. The summed E-state index contributed by atoms with van der Waals surface area (Å²) in [4.78, 5) is 4.01. The van der Waals surface area contributed by atoms with E-state index >= 15 is 0 Å². The maximum absolute atomic E-state index is 6.12. The van der Waals surface area contributed by atoms with Gasteiger partial charge in [0.15, 0.2) is 0 Å². The van der Waals surface area contributed by atoms with Gasteiger partial charge in [0, 0.05) is 24.1 Å². The fourth-order valence-corrected chi connectivity index (χ4v) is 2.53. The summed E-state index contributed by atoms with van der Waals surface area (Å²) < 4.78 is 0. The lowest BCUT2D eigenvalue weighted by atomic mass is 10.0. The van der Waals surface area contributed by atoms with E-state index in [4.69, 9.17) is 11.6 Å². The van der Waals surface area contributed by atoms with E-state index in [-0.39, 0.29) is 0 Å². The fourth-order valence-electron chi connectivity index (χ4n) is 2.33. The summed E-state index contributed by atoms with van der Waals surface area (Å²) in [6.45, 7) is 0. The summed E-state index contributed by atoms with van der Waals surface area (Å²) >= 11 is 6.12. The van der Waals surface area contributed by atoms with Gasteiger partial charge in [-0.1, -0.05) is 29.8 Å². The standard InChI is InChI=1S/C14H13ClN2/c15-13-9-16-6-5-10(13)7-12-8-11-3-1-2-4-14(11)17-12/h1-6,9,12,17H,7-8H2. The van der Waals surface area contributed by atoms with Crippen molar-refractivity contribution in [3.05, 3.63) is 58.9 Å². The second-order valence-electron chi connectivity index (χ2n) is 4.37. The molecular formula is C14H13ClN2. The molecule has 0 aliphatic carbocycles. The molecule has 2 heterocycles. The number of aromatic nitrogens is 1. The van der Waals surface area contributed by atoms with Gasteiger partial charge in [-0.25, -0.2) is 0 Å². The van der Waals surface area contributed by atoms with Gasteiger partial charge >= 0.3 is 0 Å². The highest BCUT2D eigenvalue weighted by Crippen LogP contribution is 2.28. The van der Waals surface area contributed by atoms with E-state index in [9.17, 15) is 0 Å². The number of nitrogens with one attached hydrogen (secondary N) is 1. The van der Waals surface area contributed by atoms with Gasteiger partial charge < -0.3 is 5.32 Å². The molecular weight excluding hydrogens is 232 g/mol. The lowest BCUT2D eigenvalue weighted by Gasteiger charge is -2.12. The lowest BCUT2D eigenvalue weighted by Crippen LogP contribution is -2.18. The largest absolute Gasteiger partial charge is 0.381 e. The number of benzene rings is 1. The molecule has 0 radical (unpaired) electrons. The average molecular weight is 245 g/mol. The Hall–Kier alpha value is -1.54. The zero-order valence-electron chi connectivity index (χ0n) is 9.36. The van der Waals surface area contributed by atoms with Gasteiger partial charge in [0.25, 0.3) is 0 Å². The van der Waals surface area contributed by atoms with Crippen molar-refractivity contribution in [1.82, 2.24) is 4.98 Å². The van der Waals surface area contributed by atoms with Gasteiger partial charge in [0.1, 0.15) is 0 Å². The van der Waals surface area contributed by atoms with Gasteiger partial charge in [0.05, 0.1) is 5.02 Å². The van der Waals surface area contributed by atoms with Crippen LogP contribution in [0, 0.1) is 0 Å². The topological polar surface area (TPSA) is 24.9 Å². The molecule has 1 aliphatic heterocycles. The third-order valence-corrected chi connectivity index (χ3v) is 3.51. The Morgan fingerprint density at radius 2 is 2.18 bits per heavy atom. The van der Waals surface area contributed by atoms with Crippen LogP contribution < -0.4 is 5.32 Å². The first kappa shape index (κ1) is 10.6.